The second-order valence-corrected chi connectivity index (χ2v) is 3.28. The summed E-state index contributed by atoms with van der Waals surface area (Å²) >= 11 is 0. The van der Waals surface area contributed by atoms with Crippen molar-refractivity contribution in [2.45, 2.75) is 26.2 Å². The normalized spacial score (nSPS) is 10.3. The Morgan fingerprint density at radius 1 is 1.42 bits per heavy atom. The van der Waals surface area contributed by atoms with Gasteiger partial charge in [0.2, 0.25) is 0 Å². The van der Waals surface area contributed by atoms with Gasteiger partial charge in [0.25, 0.3) is 0 Å². The first kappa shape index (κ1) is 14.4. The number of rotatable bonds is 4. The van der Waals surface area contributed by atoms with Crippen molar-refractivity contribution >= 4 is 10.4 Å². The van der Waals surface area contributed by atoms with E-state index in [4.69, 9.17) is 10.3 Å². The third-order valence-electron chi connectivity index (χ3n) is 1.02. The van der Waals surface area contributed by atoms with Crippen molar-refractivity contribution in [3.63, 3.8) is 0 Å². The van der Waals surface area contributed by atoms with Crippen LogP contribution in [-0.4, -0.2) is 26.6 Å². The molecule has 0 rings (SSSR count). The SMILES string of the molecule is CCCCCN.COS(=O)(=O)O. The van der Waals surface area contributed by atoms with Gasteiger partial charge in [-0.3, -0.25) is 8.74 Å². The first-order chi connectivity index (χ1) is 5.47. The standard InChI is InChI=1S/C5H13N.CH4O4S/c1-2-3-4-5-6;1-5-6(2,3)4/h2-6H2,1H3;1H3,(H,2,3,4). The lowest BCUT2D eigenvalue weighted by atomic mass is 10.3. The Kier molecular flexibility index (Phi) is 10.7. The third-order valence-corrected chi connectivity index (χ3v) is 1.44. The van der Waals surface area contributed by atoms with Crippen molar-refractivity contribution in [3.05, 3.63) is 0 Å². The molecule has 0 bridgehead atoms. The van der Waals surface area contributed by atoms with Crippen molar-refractivity contribution in [2.75, 3.05) is 13.7 Å². The highest BCUT2D eigenvalue weighted by atomic mass is 32.3. The van der Waals surface area contributed by atoms with Gasteiger partial charge in [0.15, 0.2) is 0 Å². The predicted molar refractivity (Wildman–Crippen MR) is 47.1 cm³/mol. The van der Waals surface area contributed by atoms with E-state index in [-0.39, 0.29) is 0 Å². The molecule has 12 heavy (non-hydrogen) atoms. The van der Waals surface area contributed by atoms with E-state index in [1.807, 2.05) is 0 Å². The van der Waals surface area contributed by atoms with Crippen LogP contribution in [0, 0.1) is 0 Å². The first-order valence-corrected chi connectivity index (χ1v) is 5.07. The molecule has 0 aliphatic heterocycles. The fraction of sp³-hybridized carbons (Fsp3) is 1.00. The van der Waals surface area contributed by atoms with E-state index in [0.29, 0.717) is 0 Å². The molecule has 0 saturated carbocycles. The quantitative estimate of drug-likeness (QED) is 0.510. The average molecular weight is 199 g/mol. The molecule has 0 amide bonds. The van der Waals surface area contributed by atoms with E-state index < -0.39 is 10.4 Å². The molecule has 0 spiro atoms. The van der Waals surface area contributed by atoms with Crippen LogP contribution in [-0.2, 0) is 14.6 Å². The van der Waals surface area contributed by atoms with Crippen molar-refractivity contribution in [1.29, 1.82) is 0 Å². The monoisotopic (exact) mass is 199 g/mol. The summed E-state index contributed by atoms with van der Waals surface area (Å²) < 4.78 is 29.7. The van der Waals surface area contributed by atoms with Crippen molar-refractivity contribution in [3.8, 4) is 0 Å². The number of nitrogens with two attached hydrogens (primary N) is 1. The molecule has 76 valence electrons. The molecule has 0 aromatic rings. The largest absolute Gasteiger partial charge is 0.397 e. The summed E-state index contributed by atoms with van der Waals surface area (Å²) in [6.07, 6.45) is 3.75. The third kappa shape index (κ3) is 22.5. The molecule has 0 aromatic carbocycles. The van der Waals surface area contributed by atoms with Crippen molar-refractivity contribution < 1.29 is 17.2 Å². The van der Waals surface area contributed by atoms with Crippen LogP contribution in [0.25, 0.3) is 0 Å². The zero-order valence-electron chi connectivity index (χ0n) is 7.49. The molecule has 6 heteroatoms. The maximum Gasteiger partial charge on any atom is 0.397 e. The fourth-order valence-electron chi connectivity index (χ4n) is 0.394. The van der Waals surface area contributed by atoms with Gasteiger partial charge < -0.3 is 5.73 Å². The molecule has 0 aliphatic carbocycles. The van der Waals surface area contributed by atoms with Crippen LogP contribution in [0.15, 0.2) is 0 Å². The lowest BCUT2D eigenvalue weighted by Gasteiger charge is -1.86. The molecule has 0 aliphatic rings. The molecule has 0 unspecified atom stereocenters. The Labute approximate surface area is 73.9 Å². The average Bonchev–Trinajstić information content (AvgIpc) is 2.01. The molecule has 0 atom stereocenters. The van der Waals surface area contributed by atoms with Crippen LogP contribution in [0.2, 0.25) is 0 Å². The fourth-order valence-corrected chi connectivity index (χ4v) is 0.394. The second-order valence-electron chi connectivity index (χ2n) is 2.09. The minimum atomic E-state index is -4.16. The van der Waals surface area contributed by atoms with E-state index in [0.717, 1.165) is 13.7 Å². The van der Waals surface area contributed by atoms with Crippen molar-refractivity contribution in [1.82, 2.24) is 0 Å². The summed E-state index contributed by atoms with van der Waals surface area (Å²) in [6, 6.07) is 0. The van der Waals surface area contributed by atoms with Gasteiger partial charge in [-0.2, -0.15) is 8.42 Å². The van der Waals surface area contributed by atoms with Crippen LogP contribution in [0.3, 0.4) is 0 Å². The Morgan fingerprint density at radius 2 is 1.83 bits per heavy atom. The maximum atomic E-state index is 9.33. The van der Waals surface area contributed by atoms with Gasteiger partial charge in [-0.25, -0.2) is 0 Å². The van der Waals surface area contributed by atoms with E-state index in [1.54, 1.807) is 0 Å². The first-order valence-electron chi connectivity index (χ1n) is 3.71. The predicted octanol–water partition coefficient (Wildman–Crippen LogP) is 0.571. The zero-order chi connectivity index (χ0) is 10.0. The highest BCUT2D eigenvalue weighted by Gasteiger charge is 1.94. The molecular formula is C6H17NO4S. The molecule has 0 radical (unpaired) electrons. The minimum Gasteiger partial charge on any atom is -0.330 e. The van der Waals surface area contributed by atoms with Gasteiger partial charge in [0, 0.05) is 0 Å². The van der Waals surface area contributed by atoms with Crippen molar-refractivity contribution in [2.24, 2.45) is 5.73 Å². The van der Waals surface area contributed by atoms with Gasteiger partial charge in [0.05, 0.1) is 7.11 Å². The summed E-state index contributed by atoms with van der Waals surface area (Å²) in [5, 5.41) is 0. The summed E-state index contributed by atoms with van der Waals surface area (Å²) in [7, 11) is -3.29. The van der Waals surface area contributed by atoms with E-state index in [2.05, 4.69) is 11.1 Å². The van der Waals surface area contributed by atoms with Gasteiger partial charge in [-0.1, -0.05) is 19.8 Å². The summed E-state index contributed by atoms with van der Waals surface area (Å²) in [5.74, 6) is 0. The highest BCUT2D eigenvalue weighted by Crippen LogP contribution is 1.88. The summed E-state index contributed by atoms with van der Waals surface area (Å²) in [6.45, 7) is 3.03. The van der Waals surface area contributed by atoms with Gasteiger partial charge in [-0.15, -0.1) is 0 Å². The number of hydrogen-bond donors (Lipinski definition) is 2. The topological polar surface area (TPSA) is 89.6 Å². The van der Waals surface area contributed by atoms with Crippen LogP contribution >= 0.6 is 0 Å². The molecule has 0 saturated heterocycles. The number of hydrogen-bond acceptors (Lipinski definition) is 4. The Hall–Kier alpha value is -0.170. The highest BCUT2D eigenvalue weighted by molar-refractivity contribution is 7.80. The Morgan fingerprint density at radius 3 is 1.92 bits per heavy atom. The molecule has 0 heterocycles. The molecule has 3 N–H and O–H groups in total. The molecular weight excluding hydrogens is 182 g/mol. The Balaban J connectivity index is 0. The van der Waals surface area contributed by atoms with E-state index in [9.17, 15) is 8.42 Å². The smallest absolute Gasteiger partial charge is 0.330 e. The van der Waals surface area contributed by atoms with Crippen LogP contribution in [0.1, 0.15) is 26.2 Å². The van der Waals surface area contributed by atoms with Gasteiger partial charge in [-0.05, 0) is 13.0 Å². The molecule has 0 fully saturated rings. The van der Waals surface area contributed by atoms with Gasteiger partial charge in [0.1, 0.15) is 0 Å². The summed E-state index contributed by atoms with van der Waals surface area (Å²) in [4.78, 5) is 0. The maximum absolute atomic E-state index is 9.33. The molecule has 5 nitrogen and oxygen atoms in total. The molecule has 0 aromatic heterocycles. The second kappa shape index (κ2) is 8.92. The Bertz CT molecular complexity index is 162. The van der Waals surface area contributed by atoms with Crippen LogP contribution in [0.5, 0.6) is 0 Å². The number of unbranched alkanes of at least 4 members (excludes halogenated alkanes) is 2. The minimum absolute atomic E-state index is 0.855. The lowest BCUT2D eigenvalue weighted by molar-refractivity contribution is 0.324. The van der Waals surface area contributed by atoms with E-state index in [1.165, 1.54) is 19.3 Å². The van der Waals surface area contributed by atoms with Gasteiger partial charge >= 0.3 is 10.4 Å². The lowest BCUT2D eigenvalue weighted by Crippen LogP contribution is -1.96. The summed E-state index contributed by atoms with van der Waals surface area (Å²) in [5.41, 5.74) is 5.21. The van der Waals surface area contributed by atoms with E-state index >= 15 is 0 Å². The van der Waals surface area contributed by atoms with Crippen LogP contribution < -0.4 is 5.73 Å². The zero-order valence-corrected chi connectivity index (χ0v) is 8.30. The van der Waals surface area contributed by atoms with Crippen LogP contribution in [0.4, 0.5) is 0 Å².